The first-order valence-corrected chi connectivity index (χ1v) is 11.0. The van der Waals surface area contributed by atoms with Crippen molar-refractivity contribution in [2.45, 2.75) is 20.8 Å². The van der Waals surface area contributed by atoms with Gasteiger partial charge >= 0.3 is 0 Å². The molecular formula is C26H22N6O3. The van der Waals surface area contributed by atoms with Gasteiger partial charge in [-0.3, -0.25) is 4.79 Å². The molecule has 0 saturated heterocycles. The fraction of sp³-hybridized carbons (Fsp3) is 0.115. The second kappa shape index (κ2) is 9.22. The van der Waals surface area contributed by atoms with Gasteiger partial charge in [-0.15, -0.1) is 10.2 Å². The van der Waals surface area contributed by atoms with E-state index in [4.69, 9.17) is 9.26 Å². The second-order valence-electron chi connectivity index (χ2n) is 7.96. The highest BCUT2D eigenvalue weighted by atomic mass is 16.5. The van der Waals surface area contributed by atoms with Crippen molar-refractivity contribution >= 4 is 11.6 Å². The molecule has 0 radical (unpaired) electrons. The number of benzene rings is 2. The predicted octanol–water partition coefficient (Wildman–Crippen LogP) is 5.29. The van der Waals surface area contributed by atoms with Crippen LogP contribution in [0.2, 0.25) is 0 Å². The second-order valence-corrected chi connectivity index (χ2v) is 7.96. The molecule has 0 aliphatic heterocycles. The highest BCUT2D eigenvalue weighted by molar-refractivity contribution is 6.03. The van der Waals surface area contributed by atoms with Crippen molar-refractivity contribution in [1.82, 2.24) is 25.1 Å². The van der Waals surface area contributed by atoms with Crippen LogP contribution in [0.4, 0.5) is 5.69 Å². The molecule has 3 aromatic heterocycles. The van der Waals surface area contributed by atoms with E-state index in [0.717, 1.165) is 22.5 Å². The summed E-state index contributed by atoms with van der Waals surface area (Å²) in [4.78, 5) is 12.5. The summed E-state index contributed by atoms with van der Waals surface area (Å²) in [6.45, 7) is 5.98. The van der Waals surface area contributed by atoms with Gasteiger partial charge in [-0.2, -0.15) is 5.10 Å². The van der Waals surface area contributed by atoms with Crippen LogP contribution in [0.3, 0.4) is 0 Å². The van der Waals surface area contributed by atoms with E-state index < -0.39 is 0 Å². The molecule has 3 heterocycles. The van der Waals surface area contributed by atoms with Crippen LogP contribution in [0.25, 0.3) is 17.1 Å². The Morgan fingerprint density at radius 1 is 0.943 bits per heavy atom. The lowest BCUT2D eigenvalue weighted by atomic mass is 10.1. The molecular weight excluding hydrogens is 444 g/mol. The number of carbonyl (C=O) groups excluding carboxylic acids is 1. The number of ether oxygens (including phenoxy) is 1. The fourth-order valence-corrected chi connectivity index (χ4v) is 3.47. The highest BCUT2D eigenvalue weighted by Gasteiger charge is 2.14. The van der Waals surface area contributed by atoms with Crippen LogP contribution in [0.1, 0.15) is 27.4 Å². The van der Waals surface area contributed by atoms with Crippen molar-refractivity contribution in [2.75, 3.05) is 5.32 Å². The Balaban J connectivity index is 1.22. The predicted molar refractivity (Wildman–Crippen MR) is 130 cm³/mol. The summed E-state index contributed by atoms with van der Waals surface area (Å²) in [5, 5.41) is 19.5. The highest BCUT2D eigenvalue weighted by Crippen LogP contribution is 2.24. The minimum atomic E-state index is -0.370. The smallest absolute Gasteiger partial charge is 0.277 e. The normalized spacial score (nSPS) is 10.8. The number of aromatic nitrogens is 5. The molecule has 0 aliphatic carbocycles. The first-order valence-electron chi connectivity index (χ1n) is 11.0. The Kier molecular flexibility index (Phi) is 5.80. The number of hydrogen-bond donors (Lipinski definition) is 1. The Morgan fingerprint density at radius 2 is 1.71 bits per heavy atom. The van der Waals surface area contributed by atoms with E-state index in [9.17, 15) is 4.79 Å². The Labute approximate surface area is 201 Å². The molecule has 9 nitrogen and oxygen atoms in total. The summed E-state index contributed by atoms with van der Waals surface area (Å²) < 4.78 is 12.8. The Morgan fingerprint density at radius 3 is 2.37 bits per heavy atom. The molecule has 5 rings (SSSR count). The summed E-state index contributed by atoms with van der Waals surface area (Å²) in [6, 6.07) is 21.5. The lowest BCUT2D eigenvalue weighted by molar-refractivity contribution is 0.101. The first kappa shape index (κ1) is 22.0. The van der Waals surface area contributed by atoms with Crippen molar-refractivity contribution in [1.29, 1.82) is 0 Å². The molecule has 2 aromatic carbocycles. The van der Waals surface area contributed by atoms with E-state index in [1.54, 1.807) is 47.1 Å². The number of anilines is 1. The van der Waals surface area contributed by atoms with E-state index >= 15 is 0 Å². The van der Waals surface area contributed by atoms with Gasteiger partial charge in [-0.05, 0) is 56.7 Å². The van der Waals surface area contributed by atoms with Crippen molar-refractivity contribution in [3.05, 3.63) is 95.4 Å². The molecule has 174 valence electrons. The summed E-state index contributed by atoms with van der Waals surface area (Å²) in [5.41, 5.74) is 4.73. The standard InChI is InChI=1S/C26H22N6O3/c1-16-17(2)30-32(18(16)3)24-13-14-25(29-28-24)34-21-11-9-20(10-12-21)27-26(33)22-15-23(35-31-22)19-7-5-4-6-8-19/h4-15H,1-3H3,(H,27,33). The lowest BCUT2D eigenvalue weighted by Crippen LogP contribution is -2.12. The third kappa shape index (κ3) is 4.65. The van der Waals surface area contributed by atoms with Gasteiger partial charge in [0.25, 0.3) is 5.91 Å². The van der Waals surface area contributed by atoms with Crippen molar-refractivity contribution in [2.24, 2.45) is 0 Å². The number of rotatable bonds is 6. The quantitative estimate of drug-likeness (QED) is 0.362. The van der Waals surface area contributed by atoms with Gasteiger partial charge < -0.3 is 14.6 Å². The molecule has 0 saturated carbocycles. The average molecular weight is 467 g/mol. The zero-order valence-corrected chi connectivity index (χ0v) is 19.4. The molecule has 0 aliphatic rings. The van der Waals surface area contributed by atoms with Gasteiger partial charge in [0.15, 0.2) is 17.3 Å². The van der Waals surface area contributed by atoms with E-state index in [2.05, 4.69) is 25.8 Å². The van der Waals surface area contributed by atoms with Crippen molar-refractivity contribution in [3.8, 4) is 28.8 Å². The zero-order chi connectivity index (χ0) is 24.4. The molecule has 35 heavy (non-hydrogen) atoms. The molecule has 1 N–H and O–H groups in total. The van der Waals surface area contributed by atoms with Crippen molar-refractivity contribution in [3.63, 3.8) is 0 Å². The average Bonchev–Trinajstić information content (AvgIpc) is 3.48. The largest absolute Gasteiger partial charge is 0.438 e. The van der Waals surface area contributed by atoms with Gasteiger partial charge in [-0.1, -0.05) is 35.5 Å². The first-order chi connectivity index (χ1) is 17.0. The summed E-state index contributed by atoms with van der Waals surface area (Å²) in [7, 11) is 0. The minimum Gasteiger partial charge on any atom is -0.438 e. The van der Waals surface area contributed by atoms with Gasteiger partial charge in [0.05, 0.1) is 5.69 Å². The maximum absolute atomic E-state index is 12.5. The number of nitrogens with zero attached hydrogens (tertiary/aromatic N) is 5. The monoisotopic (exact) mass is 466 g/mol. The molecule has 5 aromatic rings. The molecule has 9 heteroatoms. The van der Waals surface area contributed by atoms with Crippen LogP contribution in [0.5, 0.6) is 11.6 Å². The van der Waals surface area contributed by atoms with Crippen LogP contribution < -0.4 is 10.1 Å². The van der Waals surface area contributed by atoms with Gasteiger partial charge in [0.1, 0.15) is 5.75 Å². The maximum Gasteiger partial charge on any atom is 0.277 e. The lowest BCUT2D eigenvalue weighted by Gasteiger charge is -2.07. The summed E-state index contributed by atoms with van der Waals surface area (Å²) >= 11 is 0. The van der Waals surface area contributed by atoms with Crippen LogP contribution in [-0.2, 0) is 0 Å². The molecule has 0 atom stereocenters. The molecule has 0 spiro atoms. The number of carbonyl (C=O) groups is 1. The van der Waals surface area contributed by atoms with Crippen LogP contribution in [0.15, 0.2) is 77.3 Å². The Hall–Kier alpha value is -4.79. The minimum absolute atomic E-state index is 0.192. The maximum atomic E-state index is 12.5. The van der Waals surface area contributed by atoms with Crippen LogP contribution in [0, 0.1) is 20.8 Å². The van der Waals surface area contributed by atoms with E-state index in [1.807, 2.05) is 51.1 Å². The van der Waals surface area contributed by atoms with E-state index in [0.29, 0.717) is 28.9 Å². The number of nitrogens with one attached hydrogen (secondary N) is 1. The van der Waals surface area contributed by atoms with Gasteiger partial charge in [-0.25, -0.2) is 4.68 Å². The molecule has 1 amide bonds. The van der Waals surface area contributed by atoms with Gasteiger partial charge in [0.2, 0.25) is 5.88 Å². The topological polar surface area (TPSA) is 108 Å². The molecule has 0 bridgehead atoms. The number of amides is 1. The summed E-state index contributed by atoms with van der Waals surface area (Å²) in [5.74, 6) is 1.68. The van der Waals surface area contributed by atoms with E-state index in [-0.39, 0.29) is 11.6 Å². The number of hydrogen-bond acceptors (Lipinski definition) is 7. The van der Waals surface area contributed by atoms with Crippen molar-refractivity contribution < 1.29 is 14.1 Å². The van der Waals surface area contributed by atoms with Crippen LogP contribution >= 0.6 is 0 Å². The SMILES string of the molecule is Cc1nn(-c2ccc(Oc3ccc(NC(=O)c4cc(-c5ccccc5)on4)cc3)nn2)c(C)c1C. The third-order valence-electron chi connectivity index (χ3n) is 5.63. The summed E-state index contributed by atoms with van der Waals surface area (Å²) in [6.07, 6.45) is 0. The zero-order valence-electron chi connectivity index (χ0n) is 19.4. The van der Waals surface area contributed by atoms with Crippen LogP contribution in [-0.4, -0.2) is 31.0 Å². The van der Waals surface area contributed by atoms with E-state index in [1.165, 1.54) is 0 Å². The fourth-order valence-electron chi connectivity index (χ4n) is 3.47. The number of aryl methyl sites for hydroxylation is 1. The molecule has 0 unspecified atom stereocenters. The molecule has 0 fully saturated rings. The Bertz CT molecular complexity index is 1470. The third-order valence-corrected chi connectivity index (χ3v) is 5.63. The van der Waals surface area contributed by atoms with Gasteiger partial charge in [0, 0.05) is 29.1 Å².